The van der Waals surface area contributed by atoms with Crippen molar-refractivity contribution in [3.05, 3.63) is 12.4 Å². The average Bonchev–Trinajstić information content (AvgIpc) is 3.09. The quantitative estimate of drug-likeness (QED) is 0.744. The molecular formula is C18H29N4+. The summed E-state index contributed by atoms with van der Waals surface area (Å²) < 4.78 is 4.98. The van der Waals surface area contributed by atoms with Gasteiger partial charge >= 0.3 is 5.95 Å². The molecule has 4 nitrogen and oxygen atoms in total. The summed E-state index contributed by atoms with van der Waals surface area (Å²) in [5.41, 5.74) is 0. The number of anilines is 1. The second-order valence-corrected chi connectivity index (χ2v) is 8.16. The van der Waals surface area contributed by atoms with Crippen molar-refractivity contribution < 1.29 is 4.57 Å². The van der Waals surface area contributed by atoms with Crippen molar-refractivity contribution in [3.63, 3.8) is 0 Å². The molecule has 1 aromatic rings. The van der Waals surface area contributed by atoms with Crippen molar-refractivity contribution >= 4 is 5.95 Å². The lowest BCUT2D eigenvalue weighted by Gasteiger charge is -2.43. The maximum Gasteiger partial charge on any atom is 0.361 e. The number of rotatable bonds is 0. The number of imidazole rings is 1. The van der Waals surface area contributed by atoms with Gasteiger partial charge in [-0.05, 0) is 38.0 Å². The lowest BCUT2D eigenvalue weighted by atomic mass is 9.80. The first-order chi connectivity index (χ1) is 10.8. The van der Waals surface area contributed by atoms with Crippen LogP contribution in [-0.4, -0.2) is 22.8 Å². The molecule has 3 fully saturated rings. The van der Waals surface area contributed by atoms with E-state index >= 15 is 0 Å². The summed E-state index contributed by atoms with van der Waals surface area (Å²) in [6.07, 6.45) is 14.9. The predicted octanol–water partition coefficient (Wildman–Crippen LogP) is 2.35. The van der Waals surface area contributed by atoms with Crippen LogP contribution in [0.25, 0.3) is 0 Å². The molecule has 3 heterocycles. The molecule has 6 atom stereocenters. The van der Waals surface area contributed by atoms with Crippen LogP contribution in [0, 0.1) is 11.8 Å². The molecule has 2 saturated carbocycles. The number of aromatic nitrogens is 2. The third-order valence-corrected chi connectivity index (χ3v) is 6.95. The summed E-state index contributed by atoms with van der Waals surface area (Å²) in [5, 5.41) is 4.08. The third kappa shape index (κ3) is 1.65. The fraction of sp³-hybridized carbons (Fsp3) is 0.833. The second kappa shape index (κ2) is 4.73. The lowest BCUT2D eigenvalue weighted by molar-refractivity contribution is -0.659. The van der Waals surface area contributed by atoms with Gasteiger partial charge in [-0.2, -0.15) is 0 Å². The van der Waals surface area contributed by atoms with E-state index in [1.54, 1.807) is 0 Å². The second-order valence-electron chi connectivity index (χ2n) is 8.16. The van der Waals surface area contributed by atoms with Gasteiger partial charge in [-0.15, -0.1) is 0 Å². The fourth-order valence-corrected chi connectivity index (χ4v) is 6.04. The molecule has 1 aromatic heterocycles. The first-order valence-electron chi connectivity index (χ1n) is 9.36. The number of fused-ring (bicyclic) bond motifs is 8. The highest BCUT2D eigenvalue weighted by atomic mass is 15.5. The maximum atomic E-state index is 4.08. The molecule has 4 aliphatic rings. The van der Waals surface area contributed by atoms with E-state index in [0.717, 1.165) is 11.8 Å². The maximum absolute atomic E-state index is 4.08. The van der Waals surface area contributed by atoms with Gasteiger partial charge in [0.05, 0.1) is 31.5 Å². The molecule has 0 aromatic carbocycles. The zero-order chi connectivity index (χ0) is 14.8. The molecule has 5 rings (SSSR count). The van der Waals surface area contributed by atoms with Crippen LogP contribution in [0.15, 0.2) is 12.4 Å². The number of aryl methyl sites for hydroxylation is 1. The van der Waals surface area contributed by atoms with Crippen LogP contribution in [0.4, 0.5) is 5.95 Å². The standard InChI is InChI=1S/C18H29N4/c1-12-6-5-8-14-16(12)22-17(19-14)13-7-3-4-9-15(13)21-11-10-20(2)18(21)22/h10-17,19H,3-9H2,1-2H3/q+1. The molecule has 0 amide bonds. The molecule has 0 spiro atoms. The Hall–Kier alpha value is -1.03. The van der Waals surface area contributed by atoms with Crippen molar-refractivity contribution in [1.29, 1.82) is 0 Å². The van der Waals surface area contributed by atoms with Gasteiger partial charge in [0.15, 0.2) is 0 Å². The Labute approximate surface area is 133 Å². The molecule has 6 unspecified atom stereocenters. The highest BCUT2D eigenvalue weighted by Crippen LogP contribution is 2.48. The van der Waals surface area contributed by atoms with Gasteiger partial charge in [0.2, 0.25) is 0 Å². The van der Waals surface area contributed by atoms with Crippen LogP contribution >= 0.6 is 0 Å². The summed E-state index contributed by atoms with van der Waals surface area (Å²) in [6.45, 7) is 2.47. The topological polar surface area (TPSA) is 24.1 Å². The smallest absolute Gasteiger partial charge is 0.278 e. The summed E-state index contributed by atoms with van der Waals surface area (Å²) in [7, 11) is 2.23. The monoisotopic (exact) mass is 301 g/mol. The van der Waals surface area contributed by atoms with E-state index in [9.17, 15) is 0 Å². The summed E-state index contributed by atoms with van der Waals surface area (Å²) in [6, 6.07) is 2.12. The minimum atomic E-state index is 0.578. The van der Waals surface area contributed by atoms with Crippen molar-refractivity contribution in [3.8, 4) is 0 Å². The van der Waals surface area contributed by atoms with Gasteiger partial charge in [0.25, 0.3) is 0 Å². The normalized spacial score (nSPS) is 43.3. The molecule has 2 aliphatic heterocycles. The average molecular weight is 301 g/mol. The Morgan fingerprint density at radius 3 is 2.91 bits per heavy atom. The van der Waals surface area contributed by atoms with Gasteiger partial charge in [0, 0.05) is 12.0 Å². The van der Waals surface area contributed by atoms with Gasteiger partial charge in [-0.25, -0.2) is 14.0 Å². The molecule has 22 heavy (non-hydrogen) atoms. The van der Waals surface area contributed by atoms with E-state index in [2.05, 4.69) is 45.7 Å². The van der Waals surface area contributed by atoms with Crippen LogP contribution < -0.4 is 14.8 Å². The van der Waals surface area contributed by atoms with Gasteiger partial charge in [-0.1, -0.05) is 19.8 Å². The number of hydrogen-bond donors (Lipinski definition) is 1. The highest BCUT2D eigenvalue weighted by molar-refractivity contribution is 5.39. The summed E-state index contributed by atoms with van der Waals surface area (Å²) in [5.74, 6) is 3.06. The summed E-state index contributed by atoms with van der Waals surface area (Å²) >= 11 is 0. The van der Waals surface area contributed by atoms with E-state index in [0.29, 0.717) is 24.3 Å². The largest absolute Gasteiger partial charge is 0.361 e. The van der Waals surface area contributed by atoms with Crippen molar-refractivity contribution in [1.82, 2.24) is 9.88 Å². The highest BCUT2D eigenvalue weighted by Gasteiger charge is 2.58. The summed E-state index contributed by atoms with van der Waals surface area (Å²) in [4.78, 5) is 2.79. The van der Waals surface area contributed by atoms with Crippen molar-refractivity contribution in [2.24, 2.45) is 18.9 Å². The first kappa shape index (κ1) is 13.4. The van der Waals surface area contributed by atoms with E-state index in [4.69, 9.17) is 0 Å². The van der Waals surface area contributed by atoms with Crippen LogP contribution in [0.1, 0.15) is 57.9 Å². The lowest BCUT2D eigenvalue weighted by Crippen LogP contribution is -2.57. The Bertz CT molecular complexity index is 580. The molecule has 1 N–H and O–H groups in total. The van der Waals surface area contributed by atoms with Crippen LogP contribution in [0.3, 0.4) is 0 Å². The zero-order valence-electron chi connectivity index (χ0n) is 13.9. The molecule has 120 valence electrons. The Morgan fingerprint density at radius 1 is 1.14 bits per heavy atom. The van der Waals surface area contributed by atoms with E-state index in [-0.39, 0.29) is 0 Å². The van der Waals surface area contributed by atoms with Crippen LogP contribution in [0.2, 0.25) is 0 Å². The molecule has 4 heteroatoms. The Balaban J connectivity index is 1.64. The molecule has 2 aliphatic carbocycles. The van der Waals surface area contributed by atoms with Gasteiger partial charge in [-0.3, -0.25) is 5.32 Å². The van der Waals surface area contributed by atoms with E-state index < -0.39 is 0 Å². The first-order valence-corrected chi connectivity index (χ1v) is 9.36. The fourth-order valence-electron chi connectivity index (χ4n) is 6.04. The van der Waals surface area contributed by atoms with E-state index in [1.807, 2.05) is 0 Å². The van der Waals surface area contributed by atoms with Crippen molar-refractivity contribution in [2.45, 2.75) is 76.2 Å². The van der Waals surface area contributed by atoms with Gasteiger partial charge in [0.1, 0.15) is 6.17 Å². The van der Waals surface area contributed by atoms with E-state index in [1.165, 1.54) is 50.9 Å². The molecule has 0 radical (unpaired) electrons. The number of nitrogens with zero attached hydrogens (tertiary/aromatic N) is 3. The Kier molecular flexibility index (Phi) is 2.89. The number of hydrogen-bond acceptors (Lipinski definition) is 2. The SMILES string of the molecule is CC1CCCC2NC3C4CCCCC4n4cc[n+](C)c4N3C12. The van der Waals surface area contributed by atoms with Crippen LogP contribution in [-0.2, 0) is 7.05 Å². The molecule has 1 saturated heterocycles. The Morgan fingerprint density at radius 2 is 2.00 bits per heavy atom. The minimum Gasteiger partial charge on any atom is -0.278 e. The molecular weight excluding hydrogens is 272 g/mol. The minimum absolute atomic E-state index is 0.578. The number of nitrogens with one attached hydrogen (secondary N) is 1. The van der Waals surface area contributed by atoms with Crippen molar-refractivity contribution in [2.75, 3.05) is 4.90 Å². The zero-order valence-corrected chi connectivity index (χ0v) is 13.9. The molecule has 0 bridgehead atoms. The van der Waals surface area contributed by atoms with Crippen LogP contribution in [0.5, 0.6) is 0 Å². The predicted molar refractivity (Wildman–Crippen MR) is 86.6 cm³/mol. The van der Waals surface area contributed by atoms with Gasteiger partial charge < -0.3 is 0 Å². The third-order valence-electron chi connectivity index (χ3n) is 6.95.